The minimum absolute atomic E-state index is 0.241. The number of hydrogen-bond donors (Lipinski definition) is 1. The maximum absolute atomic E-state index is 12.8. The molecule has 1 N–H and O–H groups in total. The van der Waals surface area contributed by atoms with Crippen LogP contribution in [0.1, 0.15) is 41.1 Å². The predicted molar refractivity (Wildman–Crippen MR) is 99.6 cm³/mol. The Labute approximate surface area is 155 Å². The van der Waals surface area contributed by atoms with E-state index >= 15 is 0 Å². The normalized spacial score (nSPS) is 16.8. The number of nitrogens with one attached hydrogen (secondary N) is 1. The molecule has 1 fully saturated rings. The summed E-state index contributed by atoms with van der Waals surface area (Å²) < 4.78 is 5.43. The summed E-state index contributed by atoms with van der Waals surface area (Å²) in [6, 6.07) is 5.55. The second kappa shape index (κ2) is 6.60. The fourth-order valence-electron chi connectivity index (χ4n) is 3.09. The minimum Gasteiger partial charge on any atom is -0.446 e. The zero-order chi connectivity index (χ0) is 18.3. The quantitative estimate of drug-likeness (QED) is 0.653. The number of rotatable bonds is 4. The number of amides is 1. The molecular weight excluding hydrogens is 352 g/mol. The second-order valence-corrected chi connectivity index (χ2v) is 7.11. The molecule has 1 atom stereocenters. The van der Waals surface area contributed by atoms with Crippen LogP contribution in [-0.4, -0.2) is 34.1 Å². The van der Waals surface area contributed by atoms with Crippen molar-refractivity contribution >= 4 is 41.0 Å². The van der Waals surface area contributed by atoms with Crippen molar-refractivity contribution in [1.29, 1.82) is 0 Å². The molecule has 1 amide bonds. The first-order valence-corrected chi connectivity index (χ1v) is 9.63. The Kier molecular flexibility index (Phi) is 4.28. The molecule has 0 radical (unpaired) electrons. The summed E-state index contributed by atoms with van der Waals surface area (Å²) in [6.45, 7) is 1.37. The van der Waals surface area contributed by atoms with E-state index in [4.69, 9.17) is 4.74 Å². The van der Waals surface area contributed by atoms with Gasteiger partial charge in [-0.2, -0.15) is 0 Å². The van der Waals surface area contributed by atoms with Gasteiger partial charge in [0.1, 0.15) is 5.82 Å². The van der Waals surface area contributed by atoms with E-state index in [2.05, 4.69) is 15.3 Å². The summed E-state index contributed by atoms with van der Waals surface area (Å²) in [5.41, 5.74) is 1.27. The number of thioether (sulfide) groups is 1. The number of anilines is 3. The van der Waals surface area contributed by atoms with Crippen molar-refractivity contribution in [1.82, 2.24) is 9.97 Å². The van der Waals surface area contributed by atoms with Crippen LogP contribution < -0.4 is 10.2 Å². The third kappa shape index (κ3) is 2.90. The number of carbonyl (C=O) groups excluding carboxylic acids is 2. The Hall–Kier alpha value is -2.61. The van der Waals surface area contributed by atoms with Crippen molar-refractivity contribution in [2.24, 2.45) is 0 Å². The first-order chi connectivity index (χ1) is 12.6. The van der Waals surface area contributed by atoms with Gasteiger partial charge in [-0.25, -0.2) is 9.97 Å². The van der Waals surface area contributed by atoms with Gasteiger partial charge in [-0.15, -0.1) is 11.8 Å². The van der Waals surface area contributed by atoms with E-state index in [1.54, 1.807) is 30.6 Å². The second-order valence-electron chi connectivity index (χ2n) is 6.21. The van der Waals surface area contributed by atoms with E-state index in [1.807, 2.05) is 11.2 Å². The Morgan fingerprint density at radius 1 is 1.31 bits per heavy atom. The van der Waals surface area contributed by atoms with Gasteiger partial charge in [-0.1, -0.05) is 0 Å². The molecule has 0 spiro atoms. The molecule has 8 heteroatoms. The fraction of sp³-hybridized carbons (Fsp3) is 0.333. The highest BCUT2D eigenvalue weighted by Gasteiger charge is 2.39. The van der Waals surface area contributed by atoms with Gasteiger partial charge in [0.05, 0.1) is 11.3 Å². The SMILES string of the molecule is CSC(OC(C)=O)c1ccnc2c1NC(=O)c1cccnc1N2C1CC1. The maximum Gasteiger partial charge on any atom is 0.304 e. The molecule has 1 saturated carbocycles. The van der Waals surface area contributed by atoms with Gasteiger partial charge in [-0.05, 0) is 37.3 Å². The summed E-state index contributed by atoms with van der Waals surface area (Å²) in [5.74, 6) is 0.638. The van der Waals surface area contributed by atoms with Gasteiger partial charge in [-0.3, -0.25) is 9.59 Å². The molecule has 1 unspecified atom stereocenters. The molecule has 26 heavy (non-hydrogen) atoms. The molecule has 0 saturated heterocycles. The van der Waals surface area contributed by atoms with Crippen molar-refractivity contribution < 1.29 is 14.3 Å². The minimum atomic E-state index is -0.528. The number of pyridine rings is 2. The molecular formula is C18H18N4O3S. The van der Waals surface area contributed by atoms with E-state index < -0.39 is 5.44 Å². The van der Waals surface area contributed by atoms with Gasteiger partial charge in [0.15, 0.2) is 11.3 Å². The van der Waals surface area contributed by atoms with Crippen molar-refractivity contribution in [2.75, 3.05) is 16.5 Å². The van der Waals surface area contributed by atoms with E-state index in [0.29, 0.717) is 28.5 Å². The summed E-state index contributed by atoms with van der Waals surface area (Å²) in [5, 5.41) is 2.96. The molecule has 2 aromatic rings. The molecule has 1 aliphatic heterocycles. The molecule has 2 aromatic heterocycles. The zero-order valence-corrected chi connectivity index (χ0v) is 15.2. The van der Waals surface area contributed by atoms with E-state index in [-0.39, 0.29) is 17.9 Å². The zero-order valence-electron chi connectivity index (χ0n) is 14.4. The van der Waals surface area contributed by atoms with E-state index in [9.17, 15) is 9.59 Å². The van der Waals surface area contributed by atoms with Crippen LogP contribution in [0, 0.1) is 0 Å². The topological polar surface area (TPSA) is 84.4 Å². The van der Waals surface area contributed by atoms with Crippen molar-refractivity contribution in [3.8, 4) is 0 Å². The van der Waals surface area contributed by atoms with Crippen LogP contribution >= 0.6 is 11.8 Å². The van der Waals surface area contributed by atoms with E-state index in [1.165, 1.54) is 18.7 Å². The molecule has 1 aliphatic carbocycles. The largest absolute Gasteiger partial charge is 0.446 e. The molecule has 0 bridgehead atoms. The van der Waals surface area contributed by atoms with E-state index in [0.717, 1.165) is 12.8 Å². The molecule has 0 aromatic carbocycles. The van der Waals surface area contributed by atoms with Crippen molar-refractivity contribution in [2.45, 2.75) is 31.2 Å². The van der Waals surface area contributed by atoms with Gasteiger partial charge in [0.2, 0.25) is 0 Å². The lowest BCUT2D eigenvalue weighted by Gasteiger charge is -2.25. The lowest BCUT2D eigenvalue weighted by atomic mass is 10.2. The standard InChI is InChI=1S/C18H18N4O3S/c1-10(23)25-18(26-2)12-7-9-20-16-14(12)21-17(24)13-4-3-8-19-15(13)22(16)11-5-6-11/h3-4,7-9,11,18H,5-6H2,1-2H3,(H,21,24). The lowest BCUT2D eigenvalue weighted by molar-refractivity contribution is -0.142. The Bertz CT molecular complexity index is 884. The number of aromatic nitrogens is 2. The summed E-state index contributed by atoms with van der Waals surface area (Å²) in [6.07, 6.45) is 7.25. The van der Waals surface area contributed by atoms with Crippen LogP contribution in [0.15, 0.2) is 30.6 Å². The van der Waals surface area contributed by atoms with Crippen LogP contribution in [0.3, 0.4) is 0 Å². The highest BCUT2D eigenvalue weighted by atomic mass is 32.2. The van der Waals surface area contributed by atoms with Crippen LogP contribution in [0.25, 0.3) is 0 Å². The fourth-order valence-corrected chi connectivity index (χ4v) is 3.77. The van der Waals surface area contributed by atoms with Crippen LogP contribution in [-0.2, 0) is 9.53 Å². The highest BCUT2D eigenvalue weighted by Crippen LogP contribution is 2.46. The van der Waals surface area contributed by atoms with Crippen molar-refractivity contribution in [3.63, 3.8) is 0 Å². The third-order valence-electron chi connectivity index (χ3n) is 4.34. The highest BCUT2D eigenvalue weighted by molar-refractivity contribution is 7.98. The number of nitrogens with zero attached hydrogens (tertiary/aromatic N) is 3. The lowest BCUT2D eigenvalue weighted by Crippen LogP contribution is -2.23. The number of fused-ring (bicyclic) bond motifs is 2. The van der Waals surface area contributed by atoms with Crippen molar-refractivity contribution in [3.05, 3.63) is 41.7 Å². The Balaban J connectivity index is 1.89. The number of ether oxygens (including phenoxy) is 1. The first-order valence-electron chi connectivity index (χ1n) is 8.34. The van der Waals surface area contributed by atoms with Gasteiger partial charge >= 0.3 is 5.97 Å². The Morgan fingerprint density at radius 3 is 2.77 bits per heavy atom. The average Bonchev–Trinajstić information content (AvgIpc) is 3.46. The maximum atomic E-state index is 12.8. The Morgan fingerprint density at radius 2 is 2.08 bits per heavy atom. The molecule has 3 heterocycles. The predicted octanol–water partition coefficient (Wildman–Crippen LogP) is 3.27. The monoisotopic (exact) mass is 370 g/mol. The third-order valence-corrected chi connectivity index (χ3v) is 5.12. The summed E-state index contributed by atoms with van der Waals surface area (Å²) in [7, 11) is 0. The van der Waals surface area contributed by atoms with Gasteiger partial charge < -0.3 is 15.0 Å². The van der Waals surface area contributed by atoms with Crippen LogP contribution in [0.5, 0.6) is 0 Å². The van der Waals surface area contributed by atoms with Crippen LogP contribution in [0.4, 0.5) is 17.3 Å². The molecule has 7 nitrogen and oxygen atoms in total. The number of esters is 1. The average molecular weight is 370 g/mol. The summed E-state index contributed by atoms with van der Waals surface area (Å²) in [4.78, 5) is 35.3. The van der Waals surface area contributed by atoms with Crippen LogP contribution in [0.2, 0.25) is 0 Å². The number of carbonyl (C=O) groups is 2. The molecule has 4 rings (SSSR count). The van der Waals surface area contributed by atoms with Gasteiger partial charge in [0, 0.05) is 30.9 Å². The van der Waals surface area contributed by atoms with Gasteiger partial charge in [0.25, 0.3) is 5.91 Å². The molecule has 2 aliphatic rings. The first kappa shape index (κ1) is 16.8. The smallest absolute Gasteiger partial charge is 0.304 e. The molecule has 134 valence electrons. The summed E-state index contributed by atoms with van der Waals surface area (Å²) >= 11 is 1.39. The number of hydrogen-bond acceptors (Lipinski definition) is 7.